The minimum Gasteiger partial charge on any atom is -0.349 e. The van der Waals surface area contributed by atoms with Gasteiger partial charge < -0.3 is 11.1 Å². The van der Waals surface area contributed by atoms with E-state index in [9.17, 15) is 4.79 Å². The number of carbonyl (C=O) groups is 1. The third-order valence-corrected chi connectivity index (χ3v) is 4.78. The van der Waals surface area contributed by atoms with Crippen LogP contribution in [0.5, 0.6) is 0 Å². The number of benzene rings is 1. The first-order valence-electron chi connectivity index (χ1n) is 8.24. The fourth-order valence-corrected chi connectivity index (χ4v) is 3.05. The monoisotopic (exact) mass is 288 g/mol. The SMILES string of the molecule is CCC(=O)NC1CCCc2ccc(C(N)C(C)CC)cc21. The van der Waals surface area contributed by atoms with E-state index in [-0.39, 0.29) is 18.0 Å². The van der Waals surface area contributed by atoms with Crippen molar-refractivity contribution in [2.45, 2.75) is 65.0 Å². The summed E-state index contributed by atoms with van der Waals surface area (Å²) in [6, 6.07) is 6.83. The molecule has 0 saturated carbocycles. The molecule has 2 rings (SSSR count). The summed E-state index contributed by atoms with van der Waals surface area (Å²) in [6.07, 6.45) is 4.89. The van der Waals surface area contributed by atoms with Crippen molar-refractivity contribution in [3.8, 4) is 0 Å². The van der Waals surface area contributed by atoms with Gasteiger partial charge >= 0.3 is 0 Å². The molecule has 0 saturated heterocycles. The minimum absolute atomic E-state index is 0.0738. The summed E-state index contributed by atoms with van der Waals surface area (Å²) in [5.41, 5.74) is 10.2. The van der Waals surface area contributed by atoms with Gasteiger partial charge in [0.25, 0.3) is 0 Å². The summed E-state index contributed by atoms with van der Waals surface area (Å²) in [7, 11) is 0. The van der Waals surface area contributed by atoms with Crippen LogP contribution in [0.15, 0.2) is 18.2 Å². The smallest absolute Gasteiger partial charge is 0.220 e. The summed E-state index contributed by atoms with van der Waals surface area (Å²) in [4.78, 5) is 11.7. The highest BCUT2D eigenvalue weighted by molar-refractivity contribution is 5.76. The Morgan fingerprint density at radius 3 is 2.86 bits per heavy atom. The molecule has 3 unspecified atom stereocenters. The van der Waals surface area contributed by atoms with Crippen molar-refractivity contribution in [2.75, 3.05) is 0 Å². The Labute approximate surface area is 128 Å². The first-order chi connectivity index (χ1) is 10.1. The highest BCUT2D eigenvalue weighted by atomic mass is 16.1. The summed E-state index contributed by atoms with van der Waals surface area (Å²) in [6.45, 7) is 6.27. The van der Waals surface area contributed by atoms with Crippen LogP contribution in [-0.2, 0) is 11.2 Å². The number of nitrogens with one attached hydrogen (secondary N) is 1. The molecule has 0 spiro atoms. The molecule has 1 aromatic rings. The van der Waals surface area contributed by atoms with Crippen LogP contribution in [0.3, 0.4) is 0 Å². The lowest BCUT2D eigenvalue weighted by atomic mass is 9.84. The van der Waals surface area contributed by atoms with E-state index in [0.29, 0.717) is 12.3 Å². The van der Waals surface area contributed by atoms with Gasteiger partial charge in [0.2, 0.25) is 5.91 Å². The Bertz CT molecular complexity index is 498. The molecule has 21 heavy (non-hydrogen) atoms. The quantitative estimate of drug-likeness (QED) is 0.869. The van der Waals surface area contributed by atoms with Crippen LogP contribution in [0, 0.1) is 5.92 Å². The number of rotatable bonds is 5. The second-order valence-electron chi connectivity index (χ2n) is 6.24. The van der Waals surface area contributed by atoms with Crippen molar-refractivity contribution in [1.29, 1.82) is 0 Å². The Kier molecular flexibility index (Phi) is 5.40. The molecule has 0 heterocycles. The van der Waals surface area contributed by atoms with Crippen LogP contribution >= 0.6 is 0 Å². The minimum atomic E-state index is 0.0738. The lowest BCUT2D eigenvalue weighted by Crippen LogP contribution is -2.30. The zero-order valence-corrected chi connectivity index (χ0v) is 13.5. The molecule has 3 atom stereocenters. The average Bonchev–Trinajstić information content (AvgIpc) is 2.53. The number of hydrogen-bond acceptors (Lipinski definition) is 2. The lowest BCUT2D eigenvalue weighted by molar-refractivity contribution is -0.121. The van der Waals surface area contributed by atoms with Gasteiger partial charge in [0, 0.05) is 12.5 Å². The first-order valence-corrected chi connectivity index (χ1v) is 8.24. The molecule has 0 radical (unpaired) electrons. The average molecular weight is 288 g/mol. The van der Waals surface area contributed by atoms with E-state index in [1.807, 2.05) is 6.92 Å². The van der Waals surface area contributed by atoms with Crippen molar-refractivity contribution < 1.29 is 4.79 Å². The molecule has 1 amide bonds. The number of fused-ring (bicyclic) bond motifs is 1. The zero-order valence-electron chi connectivity index (χ0n) is 13.5. The number of nitrogens with two attached hydrogens (primary N) is 1. The molecular weight excluding hydrogens is 260 g/mol. The largest absolute Gasteiger partial charge is 0.349 e. The van der Waals surface area contributed by atoms with Gasteiger partial charge in [0.05, 0.1) is 6.04 Å². The molecule has 0 fully saturated rings. The predicted molar refractivity (Wildman–Crippen MR) is 86.9 cm³/mol. The van der Waals surface area contributed by atoms with Gasteiger partial charge in [-0.15, -0.1) is 0 Å². The molecular formula is C18H28N2O. The van der Waals surface area contributed by atoms with Gasteiger partial charge in [-0.2, -0.15) is 0 Å². The van der Waals surface area contributed by atoms with Gasteiger partial charge in [0.15, 0.2) is 0 Å². The molecule has 116 valence electrons. The standard InChI is InChI=1S/C18H28N2O/c1-4-12(3)18(19)14-10-9-13-7-6-8-16(15(13)11-14)20-17(21)5-2/h9-12,16,18H,4-8,19H2,1-3H3,(H,20,21). The number of hydrogen-bond donors (Lipinski definition) is 2. The Morgan fingerprint density at radius 1 is 1.43 bits per heavy atom. The van der Waals surface area contributed by atoms with Crippen molar-refractivity contribution in [3.05, 3.63) is 34.9 Å². The summed E-state index contributed by atoms with van der Waals surface area (Å²) >= 11 is 0. The van der Waals surface area contributed by atoms with Crippen LogP contribution in [0.25, 0.3) is 0 Å². The van der Waals surface area contributed by atoms with E-state index in [0.717, 1.165) is 25.7 Å². The van der Waals surface area contributed by atoms with E-state index in [2.05, 4.69) is 37.4 Å². The summed E-state index contributed by atoms with van der Waals surface area (Å²) in [5.74, 6) is 0.597. The topological polar surface area (TPSA) is 55.1 Å². The van der Waals surface area contributed by atoms with Gasteiger partial charge in [0.1, 0.15) is 0 Å². The number of amides is 1. The van der Waals surface area contributed by atoms with Crippen LogP contribution < -0.4 is 11.1 Å². The Hall–Kier alpha value is -1.35. The predicted octanol–water partition coefficient (Wildman–Crippen LogP) is 3.64. The molecule has 3 N–H and O–H groups in total. The van der Waals surface area contributed by atoms with Crippen molar-refractivity contribution in [1.82, 2.24) is 5.32 Å². The maximum absolute atomic E-state index is 11.7. The second kappa shape index (κ2) is 7.08. The fraction of sp³-hybridized carbons (Fsp3) is 0.611. The van der Waals surface area contributed by atoms with Gasteiger partial charge in [-0.25, -0.2) is 0 Å². The number of aryl methyl sites for hydroxylation is 1. The maximum Gasteiger partial charge on any atom is 0.220 e. The lowest BCUT2D eigenvalue weighted by Gasteiger charge is -2.28. The second-order valence-corrected chi connectivity index (χ2v) is 6.24. The highest BCUT2D eigenvalue weighted by Crippen LogP contribution is 2.33. The zero-order chi connectivity index (χ0) is 15.4. The summed E-state index contributed by atoms with van der Waals surface area (Å²) in [5, 5.41) is 3.15. The van der Waals surface area contributed by atoms with Crippen molar-refractivity contribution >= 4 is 5.91 Å². The van der Waals surface area contributed by atoms with E-state index < -0.39 is 0 Å². The van der Waals surface area contributed by atoms with E-state index in [4.69, 9.17) is 5.73 Å². The number of carbonyl (C=O) groups excluding carboxylic acids is 1. The van der Waals surface area contributed by atoms with Gasteiger partial charge in [-0.1, -0.05) is 45.4 Å². The normalized spacial score (nSPS) is 20.5. The molecule has 1 aliphatic rings. The maximum atomic E-state index is 11.7. The molecule has 1 aliphatic carbocycles. The van der Waals surface area contributed by atoms with Crippen LogP contribution in [-0.4, -0.2) is 5.91 Å². The molecule has 3 nitrogen and oxygen atoms in total. The van der Waals surface area contributed by atoms with Gasteiger partial charge in [-0.05, 0) is 41.9 Å². The van der Waals surface area contributed by atoms with Crippen LogP contribution in [0.1, 0.15) is 75.2 Å². The van der Waals surface area contributed by atoms with Crippen molar-refractivity contribution in [3.63, 3.8) is 0 Å². The van der Waals surface area contributed by atoms with E-state index >= 15 is 0 Å². The highest BCUT2D eigenvalue weighted by Gasteiger charge is 2.23. The molecule has 3 heteroatoms. The van der Waals surface area contributed by atoms with Crippen molar-refractivity contribution in [2.24, 2.45) is 11.7 Å². The van der Waals surface area contributed by atoms with E-state index in [1.165, 1.54) is 16.7 Å². The molecule has 0 bridgehead atoms. The summed E-state index contributed by atoms with van der Waals surface area (Å²) < 4.78 is 0. The Morgan fingerprint density at radius 2 is 2.19 bits per heavy atom. The molecule has 0 aromatic heterocycles. The third-order valence-electron chi connectivity index (χ3n) is 4.78. The molecule has 0 aliphatic heterocycles. The first kappa shape index (κ1) is 16.0. The fourth-order valence-electron chi connectivity index (χ4n) is 3.05. The van der Waals surface area contributed by atoms with Crippen LogP contribution in [0.2, 0.25) is 0 Å². The molecule has 1 aromatic carbocycles. The van der Waals surface area contributed by atoms with Crippen LogP contribution in [0.4, 0.5) is 0 Å². The third kappa shape index (κ3) is 3.65. The van der Waals surface area contributed by atoms with E-state index in [1.54, 1.807) is 0 Å². The Balaban J connectivity index is 2.27. The van der Waals surface area contributed by atoms with Gasteiger partial charge in [-0.3, -0.25) is 4.79 Å².